The molecular formula is C16H32N4. The number of nitrogens with one attached hydrogen (secondary N) is 1. The summed E-state index contributed by atoms with van der Waals surface area (Å²) in [6.45, 7) is 15.2. The van der Waals surface area contributed by atoms with Crippen molar-refractivity contribution in [1.29, 1.82) is 5.26 Å². The summed E-state index contributed by atoms with van der Waals surface area (Å²) in [5.41, 5.74) is -0.199. The summed E-state index contributed by atoms with van der Waals surface area (Å²) < 4.78 is 0. The molecule has 1 aliphatic heterocycles. The van der Waals surface area contributed by atoms with Crippen LogP contribution in [0.15, 0.2) is 0 Å². The van der Waals surface area contributed by atoms with Gasteiger partial charge in [-0.2, -0.15) is 5.26 Å². The average Bonchev–Trinajstić information content (AvgIpc) is 2.39. The second kappa shape index (κ2) is 6.89. The molecule has 2 atom stereocenters. The van der Waals surface area contributed by atoms with E-state index >= 15 is 0 Å². The number of hydrogen-bond acceptors (Lipinski definition) is 4. The Bertz CT molecular complexity index is 347. The van der Waals surface area contributed by atoms with Crippen LogP contribution in [-0.2, 0) is 0 Å². The summed E-state index contributed by atoms with van der Waals surface area (Å²) in [6, 6.07) is 2.89. The maximum absolute atomic E-state index is 9.46. The molecule has 0 saturated carbocycles. The first-order valence-corrected chi connectivity index (χ1v) is 7.85. The first-order chi connectivity index (χ1) is 9.24. The van der Waals surface area contributed by atoms with Gasteiger partial charge in [0.2, 0.25) is 0 Å². The fourth-order valence-corrected chi connectivity index (χ4v) is 2.93. The highest BCUT2D eigenvalue weighted by Gasteiger charge is 2.35. The van der Waals surface area contributed by atoms with E-state index in [4.69, 9.17) is 0 Å². The van der Waals surface area contributed by atoms with Gasteiger partial charge in [-0.3, -0.25) is 15.1 Å². The van der Waals surface area contributed by atoms with Crippen LogP contribution in [0, 0.1) is 11.3 Å². The Labute approximate surface area is 125 Å². The van der Waals surface area contributed by atoms with Crippen molar-refractivity contribution in [2.24, 2.45) is 0 Å². The molecule has 1 saturated heterocycles. The predicted molar refractivity (Wildman–Crippen MR) is 84.7 cm³/mol. The minimum absolute atomic E-state index is 0.215. The molecule has 0 aliphatic carbocycles. The van der Waals surface area contributed by atoms with E-state index in [-0.39, 0.29) is 5.54 Å². The van der Waals surface area contributed by atoms with Crippen molar-refractivity contribution in [2.75, 3.05) is 33.2 Å². The van der Waals surface area contributed by atoms with Gasteiger partial charge in [0, 0.05) is 31.2 Å². The van der Waals surface area contributed by atoms with Gasteiger partial charge in [-0.15, -0.1) is 0 Å². The summed E-state index contributed by atoms with van der Waals surface area (Å²) in [5.74, 6) is 0. The van der Waals surface area contributed by atoms with Crippen molar-refractivity contribution in [3.8, 4) is 6.07 Å². The molecule has 4 heteroatoms. The zero-order valence-electron chi connectivity index (χ0n) is 14.2. The Hall–Kier alpha value is -0.630. The van der Waals surface area contributed by atoms with E-state index in [0.717, 1.165) is 39.0 Å². The van der Waals surface area contributed by atoms with Gasteiger partial charge < -0.3 is 0 Å². The van der Waals surface area contributed by atoms with E-state index < -0.39 is 5.54 Å². The Kier molecular flexibility index (Phi) is 6.00. The highest BCUT2D eigenvalue weighted by Crippen LogP contribution is 2.23. The van der Waals surface area contributed by atoms with Crippen LogP contribution in [0.3, 0.4) is 0 Å². The average molecular weight is 280 g/mol. The van der Waals surface area contributed by atoms with Crippen molar-refractivity contribution in [3.63, 3.8) is 0 Å². The summed E-state index contributed by atoms with van der Waals surface area (Å²) in [4.78, 5) is 4.96. The van der Waals surface area contributed by atoms with Crippen molar-refractivity contribution < 1.29 is 0 Å². The van der Waals surface area contributed by atoms with Gasteiger partial charge in [0.05, 0.1) is 6.07 Å². The fraction of sp³-hybridized carbons (Fsp3) is 0.938. The number of hydrogen-bond donors (Lipinski definition) is 1. The molecule has 1 N–H and O–H groups in total. The molecule has 4 nitrogen and oxygen atoms in total. The molecule has 0 spiro atoms. The number of nitrogens with zero attached hydrogens (tertiary/aromatic N) is 3. The molecule has 1 heterocycles. The smallest absolute Gasteiger partial charge is 0.105 e. The second-order valence-corrected chi connectivity index (χ2v) is 7.13. The summed E-state index contributed by atoms with van der Waals surface area (Å²) in [6.07, 6.45) is 1.94. The molecule has 2 unspecified atom stereocenters. The van der Waals surface area contributed by atoms with E-state index in [1.807, 2.05) is 6.92 Å². The van der Waals surface area contributed by atoms with Gasteiger partial charge in [-0.25, -0.2) is 0 Å². The van der Waals surface area contributed by atoms with Crippen molar-refractivity contribution in [1.82, 2.24) is 15.1 Å². The second-order valence-electron chi connectivity index (χ2n) is 7.13. The van der Waals surface area contributed by atoms with Crippen LogP contribution in [0.2, 0.25) is 0 Å². The molecular weight excluding hydrogens is 248 g/mol. The Morgan fingerprint density at radius 3 is 2.55 bits per heavy atom. The van der Waals surface area contributed by atoms with E-state index in [0.29, 0.717) is 6.04 Å². The monoisotopic (exact) mass is 280 g/mol. The van der Waals surface area contributed by atoms with E-state index in [9.17, 15) is 5.26 Å². The van der Waals surface area contributed by atoms with Crippen molar-refractivity contribution in [2.45, 2.75) is 64.6 Å². The zero-order valence-corrected chi connectivity index (χ0v) is 14.2. The highest BCUT2D eigenvalue weighted by molar-refractivity contribution is 5.06. The van der Waals surface area contributed by atoms with Gasteiger partial charge in [-0.1, -0.05) is 6.92 Å². The SMILES string of the molecule is CCCNC(C)(C#N)CC(C)N1CCN(C)C(C)(C)C1. The molecule has 0 bridgehead atoms. The first-order valence-electron chi connectivity index (χ1n) is 7.85. The lowest BCUT2D eigenvalue weighted by atomic mass is 9.91. The van der Waals surface area contributed by atoms with Crippen LogP contribution in [0.25, 0.3) is 0 Å². The van der Waals surface area contributed by atoms with E-state index in [1.165, 1.54) is 0 Å². The molecule has 1 rings (SSSR count). The minimum Gasteiger partial charge on any atom is -0.300 e. The van der Waals surface area contributed by atoms with Gasteiger partial charge in [0.15, 0.2) is 0 Å². The van der Waals surface area contributed by atoms with Crippen molar-refractivity contribution in [3.05, 3.63) is 0 Å². The molecule has 116 valence electrons. The normalized spacial score (nSPS) is 24.9. The van der Waals surface area contributed by atoms with Crippen LogP contribution in [0.1, 0.15) is 47.5 Å². The lowest BCUT2D eigenvalue weighted by molar-refractivity contribution is 0.0150. The maximum atomic E-state index is 9.46. The lowest BCUT2D eigenvalue weighted by Crippen LogP contribution is -2.60. The molecule has 0 aromatic carbocycles. The molecule has 20 heavy (non-hydrogen) atoms. The molecule has 0 radical (unpaired) electrons. The molecule has 0 amide bonds. The van der Waals surface area contributed by atoms with Gasteiger partial charge in [0.1, 0.15) is 5.54 Å². The van der Waals surface area contributed by atoms with Crippen molar-refractivity contribution >= 4 is 0 Å². The number of rotatable bonds is 6. The Morgan fingerprint density at radius 1 is 1.40 bits per heavy atom. The van der Waals surface area contributed by atoms with Crippen LogP contribution in [-0.4, -0.2) is 60.1 Å². The number of piperazine rings is 1. The fourth-order valence-electron chi connectivity index (χ4n) is 2.93. The molecule has 0 aromatic rings. The third-order valence-corrected chi connectivity index (χ3v) is 4.68. The van der Waals surface area contributed by atoms with E-state index in [1.54, 1.807) is 0 Å². The predicted octanol–water partition coefficient (Wildman–Crippen LogP) is 2.07. The summed E-state index contributed by atoms with van der Waals surface area (Å²) in [7, 11) is 2.20. The maximum Gasteiger partial charge on any atom is 0.105 e. The third-order valence-electron chi connectivity index (χ3n) is 4.68. The van der Waals surface area contributed by atoms with Gasteiger partial charge >= 0.3 is 0 Å². The standard InChI is InChI=1S/C16H32N4/c1-7-8-18-16(5,12-17)11-14(2)20-10-9-19(6)15(3,4)13-20/h14,18H,7-11,13H2,1-6H3. The third kappa shape index (κ3) is 4.44. The van der Waals surface area contributed by atoms with E-state index in [2.05, 4.69) is 55.9 Å². The van der Waals surface area contributed by atoms with Crippen LogP contribution in [0.5, 0.6) is 0 Å². The number of nitriles is 1. The zero-order chi connectivity index (χ0) is 15.4. The molecule has 1 aliphatic rings. The lowest BCUT2D eigenvalue weighted by Gasteiger charge is -2.48. The number of likely N-dealkylation sites (N-methyl/N-ethyl adjacent to an activating group) is 1. The summed E-state index contributed by atoms with van der Waals surface area (Å²) >= 11 is 0. The molecule has 1 fully saturated rings. The minimum atomic E-state index is -0.414. The quantitative estimate of drug-likeness (QED) is 0.809. The highest BCUT2D eigenvalue weighted by atomic mass is 15.3. The largest absolute Gasteiger partial charge is 0.300 e. The van der Waals surface area contributed by atoms with Crippen LogP contribution < -0.4 is 5.32 Å². The Balaban J connectivity index is 2.62. The Morgan fingerprint density at radius 2 is 2.05 bits per heavy atom. The van der Waals surface area contributed by atoms with Crippen LogP contribution in [0.4, 0.5) is 0 Å². The van der Waals surface area contributed by atoms with Crippen LogP contribution >= 0.6 is 0 Å². The van der Waals surface area contributed by atoms with Gasteiger partial charge in [-0.05, 0) is 54.1 Å². The first kappa shape index (κ1) is 17.4. The topological polar surface area (TPSA) is 42.3 Å². The summed E-state index contributed by atoms with van der Waals surface area (Å²) in [5, 5.41) is 12.9. The van der Waals surface area contributed by atoms with Gasteiger partial charge in [0.25, 0.3) is 0 Å². The molecule has 0 aromatic heterocycles.